The summed E-state index contributed by atoms with van der Waals surface area (Å²) >= 11 is 14.0. The molecule has 0 amide bonds. The molecule has 0 aromatic heterocycles. The fourth-order valence-electron chi connectivity index (χ4n) is 2.56. The first-order chi connectivity index (χ1) is 8.58. The highest BCUT2D eigenvalue weighted by molar-refractivity contribution is 8.00. The maximum absolute atomic E-state index is 6.05. The average Bonchev–Trinajstić information content (AvgIpc) is 2.27. The summed E-state index contributed by atoms with van der Waals surface area (Å²) in [6.45, 7) is 2.34. The van der Waals surface area contributed by atoms with E-state index in [0.29, 0.717) is 11.3 Å². The molecular weight excluding hydrogens is 285 g/mol. The van der Waals surface area contributed by atoms with Gasteiger partial charge in [-0.25, -0.2) is 0 Å². The molecule has 0 radical (unpaired) electrons. The van der Waals surface area contributed by atoms with E-state index < -0.39 is 0 Å². The second-order valence-corrected chi connectivity index (χ2v) is 7.26. The van der Waals surface area contributed by atoms with Gasteiger partial charge in [-0.05, 0) is 50.4 Å². The zero-order valence-corrected chi connectivity index (χ0v) is 13.1. The van der Waals surface area contributed by atoms with Gasteiger partial charge in [-0.1, -0.05) is 30.1 Å². The van der Waals surface area contributed by atoms with E-state index in [1.54, 1.807) is 6.07 Å². The molecule has 1 saturated carbocycles. The van der Waals surface area contributed by atoms with Gasteiger partial charge in [0.15, 0.2) is 0 Å². The van der Waals surface area contributed by atoms with Gasteiger partial charge in [0.2, 0.25) is 0 Å². The van der Waals surface area contributed by atoms with Crippen molar-refractivity contribution in [3.63, 3.8) is 0 Å². The van der Waals surface area contributed by atoms with Gasteiger partial charge in [0.05, 0.1) is 0 Å². The number of rotatable bonds is 3. The number of nitrogens with one attached hydrogen (secondary N) is 1. The Morgan fingerprint density at radius 1 is 1.17 bits per heavy atom. The van der Waals surface area contributed by atoms with Crippen LogP contribution in [-0.2, 0) is 0 Å². The molecule has 1 N–H and O–H groups in total. The Labute approximate surface area is 124 Å². The highest BCUT2D eigenvalue weighted by Gasteiger charge is 2.28. The normalized spacial score (nSPS) is 28.3. The van der Waals surface area contributed by atoms with Crippen LogP contribution in [0.1, 0.15) is 26.2 Å². The first kappa shape index (κ1) is 14.5. The monoisotopic (exact) mass is 303 g/mol. The second kappa shape index (κ2) is 6.51. The van der Waals surface area contributed by atoms with Crippen LogP contribution in [0, 0.1) is 5.92 Å². The van der Waals surface area contributed by atoms with Crippen molar-refractivity contribution in [3.8, 4) is 0 Å². The molecule has 0 heterocycles. The van der Waals surface area contributed by atoms with Crippen molar-refractivity contribution in [2.45, 2.75) is 42.4 Å². The average molecular weight is 304 g/mol. The summed E-state index contributed by atoms with van der Waals surface area (Å²) in [6, 6.07) is 6.38. The van der Waals surface area contributed by atoms with Gasteiger partial charge in [-0.2, -0.15) is 0 Å². The minimum atomic E-state index is 0.587. The maximum Gasteiger partial charge on any atom is 0.0431 e. The SMILES string of the molecule is CNC1CCC(C)CC1Sc1cc(Cl)cc(Cl)c1. The molecule has 4 heteroatoms. The number of benzene rings is 1. The van der Waals surface area contributed by atoms with E-state index in [4.69, 9.17) is 23.2 Å². The molecule has 1 nitrogen and oxygen atoms in total. The van der Waals surface area contributed by atoms with Gasteiger partial charge in [-0.15, -0.1) is 11.8 Å². The summed E-state index contributed by atoms with van der Waals surface area (Å²) < 4.78 is 0. The van der Waals surface area contributed by atoms with Crippen LogP contribution < -0.4 is 5.32 Å². The lowest BCUT2D eigenvalue weighted by Gasteiger charge is -2.34. The minimum Gasteiger partial charge on any atom is -0.316 e. The third kappa shape index (κ3) is 3.80. The molecule has 1 aliphatic carbocycles. The van der Waals surface area contributed by atoms with Crippen molar-refractivity contribution in [3.05, 3.63) is 28.2 Å². The van der Waals surface area contributed by atoms with Crippen LogP contribution in [0.25, 0.3) is 0 Å². The molecule has 0 aliphatic heterocycles. The Balaban J connectivity index is 2.10. The molecule has 3 atom stereocenters. The van der Waals surface area contributed by atoms with Gasteiger partial charge in [0, 0.05) is 26.2 Å². The fourth-order valence-corrected chi connectivity index (χ4v) is 4.82. The summed E-state index contributed by atoms with van der Waals surface area (Å²) in [7, 11) is 2.05. The molecule has 0 bridgehead atoms. The molecule has 0 spiro atoms. The van der Waals surface area contributed by atoms with E-state index in [0.717, 1.165) is 16.0 Å². The molecule has 100 valence electrons. The third-order valence-corrected chi connectivity index (χ3v) is 5.32. The highest BCUT2D eigenvalue weighted by Crippen LogP contribution is 2.37. The quantitative estimate of drug-likeness (QED) is 0.855. The van der Waals surface area contributed by atoms with Crippen LogP contribution in [0.5, 0.6) is 0 Å². The van der Waals surface area contributed by atoms with Gasteiger partial charge in [0.25, 0.3) is 0 Å². The second-order valence-electron chi connectivity index (χ2n) is 5.07. The zero-order valence-electron chi connectivity index (χ0n) is 10.7. The Bertz CT molecular complexity index is 391. The summed E-state index contributed by atoms with van der Waals surface area (Å²) in [5.74, 6) is 0.807. The van der Waals surface area contributed by atoms with Crippen molar-refractivity contribution in [1.82, 2.24) is 5.32 Å². The van der Waals surface area contributed by atoms with Crippen LogP contribution in [0.4, 0.5) is 0 Å². The highest BCUT2D eigenvalue weighted by atomic mass is 35.5. The topological polar surface area (TPSA) is 12.0 Å². The van der Waals surface area contributed by atoms with E-state index in [-0.39, 0.29) is 0 Å². The third-order valence-electron chi connectivity index (χ3n) is 3.55. The fraction of sp³-hybridized carbons (Fsp3) is 0.571. The van der Waals surface area contributed by atoms with Gasteiger partial charge in [0.1, 0.15) is 0 Å². The Morgan fingerprint density at radius 3 is 2.44 bits per heavy atom. The van der Waals surface area contributed by atoms with Crippen LogP contribution in [0.2, 0.25) is 10.0 Å². The molecule has 0 saturated heterocycles. The first-order valence-corrected chi connectivity index (χ1v) is 8.02. The number of hydrogen-bond acceptors (Lipinski definition) is 2. The molecule has 1 aromatic carbocycles. The molecule has 18 heavy (non-hydrogen) atoms. The van der Waals surface area contributed by atoms with Crippen LogP contribution >= 0.6 is 35.0 Å². The predicted molar refractivity (Wildman–Crippen MR) is 82.0 cm³/mol. The molecule has 1 aliphatic rings. The van der Waals surface area contributed by atoms with E-state index >= 15 is 0 Å². The molecule has 1 fully saturated rings. The molecule has 1 aromatic rings. The summed E-state index contributed by atoms with van der Waals surface area (Å²) in [5, 5.41) is 5.48. The molecule has 3 unspecified atom stereocenters. The van der Waals surface area contributed by atoms with E-state index in [1.165, 1.54) is 24.2 Å². The van der Waals surface area contributed by atoms with Gasteiger partial charge < -0.3 is 5.32 Å². The van der Waals surface area contributed by atoms with Crippen molar-refractivity contribution < 1.29 is 0 Å². The predicted octanol–water partition coefficient (Wildman–Crippen LogP) is 4.86. The summed E-state index contributed by atoms with van der Waals surface area (Å²) in [4.78, 5) is 1.17. The smallest absolute Gasteiger partial charge is 0.0431 e. The largest absolute Gasteiger partial charge is 0.316 e. The Kier molecular flexibility index (Phi) is 5.25. The lowest BCUT2D eigenvalue weighted by Crippen LogP contribution is -2.40. The van der Waals surface area contributed by atoms with Gasteiger partial charge in [-0.3, -0.25) is 0 Å². The summed E-state index contributed by atoms with van der Waals surface area (Å²) in [6.07, 6.45) is 3.82. The van der Waals surface area contributed by atoms with Crippen LogP contribution in [-0.4, -0.2) is 18.3 Å². The number of halogens is 2. The lowest BCUT2D eigenvalue weighted by molar-refractivity contribution is 0.329. The zero-order chi connectivity index (χ0) is 13.1. The van der Waals surface area contributed by atoms with E-state index in [9.17, 15) is 0 Å². The van der Waals surface area contributed by atoms with Crippen molar-refractivity contribution in [2.24, 2.45) is 5.92 Å². The first-order valence-electron chi connectivity index (χ1n) is 6.38. The van der Waals surface area contributed by atoms with E-state index in [1.807, 2.05) is 23.9 Å². The van der Waals surface area contributed by atoms with Crippen molar-refractivity contribution in [2.75, 3.05) is 7.05 Å². The maximum atomic E-state index is 6.05. The standard InChI is InChI=1S/C14H19Cl2NS/c1-9-3-4-13(17-2)14(5-9)18-12-7-10(15)6-11(16)8-12/h6-9,13-14,17H,3-5H2,1-2H3. The van der Waals surface area contributed by atoms with Crippen LogP contribution in [0.3, 0.4) is 0 Å². The van der Waals surface area contributed by atoms with Gasteiger partial charge >= 0.3 is 0 Å². The van der Waals surface area contributed by atoms with Crippen molar-refractivity contribution in [1.29, 1.82) is 0 Å². The molecular formula is C14H19Cl2NS. The lowest BCUT2D eigenvalue weighted by atomic mass is 9.87. The van der Waals surface area contributed by atoms with E-state index in [2.05, 4.69) is 19.3 Å². The Morgan fingerprint density at radius 2 is 1.83 bits per heavy atom. The molecule has 2 rings (SSSR count). The number of thioether (sulfide) groups is 1. The summed E-state index contributed by atoms with van der Waals surface area (Å²) in [5.41, 5.74) is 0. The Hall–Kier alpha value is 0.110. The van der Waals surface area contributed by atoms with Crippen LogP contribution in [0.15, 0.2) is 23.1 Å². The minimum absolute atomic E-state index is 0.587. The van der Waals surface area contributed by atoms with Crippen molar-refractivity contribution >= 4 is 35.0 Å². The number of hydrogen-bond donors (Lipinski definition) is 1.